The highest BCUT2D eigenvalue weighted by Crippen LogP contribution is 2.38. The second-order valence-electron chi connectivity index (χ2n) is 8.76. The van der Waals surface area contributed by atoms with Crippen LogP contribution in [0.5, 0.6) is 0 Å². The Labute approximate surface area is 220 Å². The fourth-order valence-corrected chi connectivity index (χ4v) is 5.01. The number of hydrazone groups is 1. The number of nitrogens with zero attached hydrogens (tertiary/aromatic N) is 4. The predicted molar refractivity (Wildman–Crippen MR) is 156 cm³/mol. The van der Waals surface area contributed by atoms with Gasteiger partial charge in [-0.05, 0) is 81.7 Å². The zero-order chi connectivity index (χ0) is 24.2. The highest BCUT2D eigenvalue weighted by Gasteiger charge is 2.31. The van der Waals surface area contributed by atoms with Gasteiger partial charge in [0.25, 0.3) is 0 Å². The second-order valence-corrected chi connectivity index (χ2v) is 9.92. The van der Waals surface area contributed by atoms with E-state index in [1.807, 2.05) is 32.4 Å². The second kappa shape index (κ2) is 10.4. The van der Waals surface area contributed by atoms with E-state index in [1.165, 1.54) is 14.8 Å². The molecule has 0 radical (unpaired) electrons. The Morgan fingerprint density at radius 1 is 0.886 bits per heavy atom. The van der Waals surface area contributed by atoms with Gasteiger partial charge in [0.2, 0.25) is 0 Å². The average molecular weight is 570 g/mol. The van der Waals surface area contributed by atoms with Gasteiger partial charge in [0.1, 0.15) is 0 Å². The molecule has 5 heteroatoms. The number of benzene rings is 4. The van der Waals surface area contributed by atoms with E-state index in [0.717, 1.165) is 34.6 Å². The Kier molecular flexibility index (Phi) is 6.95. The van der Waals surface area contributed by atoms with Crippen LogP contribution < -0.4 is 9.91 Å². The molecule has 0 fully saturated rings. The van der Waals surface area contributed by atoms with E-state index in [1.54, 1.807) is 0 Å². The molecule has 1 atom stereocenters. The molecule has 1 aliphatic heterocycles. The molecule has 0 bridgehead atoms. The summed E-state index contributed by atoms with van der Waals surface area (Å²) in [6, 6.07) is 35.9. The third kappa shape index (κ3) is 5.30. The summed E-state index contributed by atoms with van der Waals surface area (Å²) < 4.78 is 1.26. The fourth-order valence-electron chi connectivity index (χ4n) is 4.26. The van der Waals surface area contributed by atoms with Gasteiger partial charge in [-0.1, -0.05) is 60.7 Å². The third-order valence-corrected chi connectivity index (χ3v) is 7.13. The first kappa shape index (κ1) is 23.3. The lowest BCUT2D eigenvalue weighted by atomic mass is 9.98. The van der Waals surface area contributed by atoms with Gasteiger partial charge in [0.15, 0.2) is 0 Å². The van der Waals surface area contributed by atoms with Crippen LogP contribution in [0.1, 0.15) is 29.2 Å². The van der Waals surface area contributed by atoms with Crippen molar-refractivity contribution in [3.63, 3.8) is 0 Å². The van der Waals surface area contributed by atoms with E-state index in [2.05, 4.69) is 123 Å². The van der Waals surface area contributed by atoms with E-state index in [-0.39, 0.29) is 6.04 Å². The maximum absolute atomic E-state index is 5.10. The maximum Gasteiger partial charge on any atom is 0.0842 e. The van der Waals surface area contributed by atoms with Crippen molar-refractivity contribution >= 4 is 51.6 Å². The quantitative estimate of drug-likeness (QED) is 0.178. The Morgan fingerprint density at radius 2 is 1.63 bits per heavy atom. The number of hydrogen-bond donors (Lipinski definition) is 0. The van der Waals surface area contributed by atoms with Crippen molar-refractivity contribution in [1.82, 2.24) is 0 Å². The molecule has 5 rings (SSSR count). The van der Waals surface area contributed by atoms with Crippen LogP contribution in [0.15, 0.2) is 113 Å². The van der Waals surface area contributed by atoms with Crippen LogP contribution in [0, 0.1) is 3.57 Å². The summed E-state index contributed by atoms with van der Waals surface area (Å²) in [7, 11) is 4.09. The van der Waals surface area contributed by atoms with Gasteiger partial charge in [-0.3, -0.25) is 10.0 Å². The van der Waals surface area contributed by atoms with E-state index in [9.17, 15) is 0 Å². The smallest absolute Gasteiger partial charge is 0.0842 e. The molecule has 174 valence electrons. The van der Waals surface area contributed by atoms with Gasteiger partial charge in [-0.15, -0.1) is 0 Å². The third-order valence-electron chi connectivity index (χ3n) is 6.15. The van der Waals surface area contributed by atoms with E-state index < -0.39 is 0 Å². The number of rotatable bonds is 6. The molecule has 1 heterocycles. The highest BCUT2D eigenvalue weighted by molar-refractivity contribution is 14.1. The number of hydrogen-bond acceptors (Lipinski definition) is 4. The van der Waals surface area contributed by atoms with Crippen molar-refractivity contribution < 1.29 is 0 Å². The molecule has 0 aliphatic carbocycles. The molecule has 0 amide bonds. The van der Waals surface area contributed by atoms with Gasteiger partial charge in [0.05, 0.1) is 23.1 Å². The summed E-state index contributed by atoms with van der Waals surface area (Å²) in [6.45, 7) is 0. The molecule has 1 aliphatic rings. The molecular weight excluding hydrogens is 543 g/mol. The minimum absolute atomic E-state index is 0.155. The lowest BCUT2D eigenvalue weighted by Gasteiger charge is -2.24. The maximum atomic E-state index is 5.10. The van der Waals surface area contributed by atoms with Crippen LogP contribution in [0.4, 0.5) is 17.1 Å². The van der Waals surface area contributed by atoms with E-state index >= 15 is 0 Å². The van der Waals surface area contributed by atoms with Gasteiger partial charge in [-0.25, -0.2) is 0 Å². The summed E-state index contributed by atoms with van der Waals surface area (Å²) in [5, 5.41) is 7.26. The van der Waals surface area contributed by atoms with Crippen LogP contribution in [0.3, 0.4) is 0 Å². The summed E-state index contributed by atoms with van der Waals surface area (Å²) >= 11 is 2.43. The molecule has 35 heavy (non-hydrogen) atoms. The van der Waals surface area contributed by atoms with Crippen LogP contribution in [-0.4, -0.2) is 26.0 Å². The Bertz CT molecular complexity index is 1360. The average Bonchev–Trinajstić information content (AvgIpc) is 3.34. The lowest BCUT2D eigenvalue weighted by molar-refractivity contribution is 0.705. The van der Waals surface area contributed by atoms with Crippen molar-refractivity contribution in [3.05, 3.63) is 123 Å². The Hall–Kier alpha value is -3.45. The van der Waals surface area contributed by atoms with Gasteiger partial charge >= 0.3 is 0 Å². The van der Waals surface area contributed by atoms with E-state index in [4.69, 9.17) is 10.1 Å². The summed E-state index contributed by atoms with van der Waals surface area (Å²) in [5.74, 6) is 0. The molecule has 0 aromatic heterocycles. The van der Waals surface area contributed by atoms with Crippen molar-refractivity contribution in [2.24, 2.45) is 10.1 Å². The molecule has 4 nitrogen and oxygen atoms in total. The van der Waals surface area contributed by atoms with Crippen LogP contribution in [0.25, 0.3) is 0 Å². The fraction of sp³-hybridized carbons (Fsp3) is 0.133. The monoisotopic (exact) mass is 570 g/mol. The zero-order valence-corrected chi connectivity index (χ0v) is 22.0. The largest absolute Gasteiger partial charge is 0.378 e. The lowest BCUT2D eigenvalue weighted by Crippen LogP contribution is -2.19. The standard InChI is InChI=1S/C30H27IN4/c1-34(2)25-17-15-22(16-18-25)21-32-24-10-8-9-23(19-24)29-20-30(27-13-6-7-14-28(27)31)35(33-29)26-11-4-3-5-12-26/h3-19,21,30H,20H2,1-2H3. The normalized spacial score (nSPS) is 15.5. The van der Waals surface area contributed by atoms with Crippen molar-refractivity contribution in [2.75, 3.05) is 24.0 Å². The first-order valence-corrected chi connectivity index (χ1v) is 12.7. The number of aliphatic imine (C=N–C) groups is 1. The SMILES string of the molecule is CN(C)c1ccc(C=Nc2cccc(C3=NN(c4ccccc4)C(c4ccccc4I)C3)c2)cc1. The topological polar surface area (TPSA) is 31.2 Å². The van der Waals surface area contributed by atoms with Gasteiger partial charge < -0.3 is 4.90 Å². The van der Waals surface area contributed by atoms with Crippen molar-refractivity contribution in [3.8, 4) is 0 Å². The molecular formula is C30H27IN4. The minimum Gasteiger partial charge on any atom is -0.378 e. The van der Waals surface area contributed by atoms with Crippen molar-refractivity contribution in [2.45, 2.75) is 12.5 Å². The molecule has 0 saturated carbocycles. The number of halogens is 1. The number of para-hydroxylation sites is 1. The molecule has 0 N–H and O–H groups in total. The van der Waals surface area contributed by atoms with Gasteiger partial charge in [0, 0.05) is 36.0 Å². The van der Waals surface area contributed by atoms with Crippen LogP contribution in [-0.2, 0) is 0 Å². The van der Waals surface area contributed by atoms with E-state index in [0.29, 0.717) is 0 Å². The highest BCUT2D eigenvalue weighted by atomic mass is 127. The molecule has 0 saturated heterocycles. The minimum atomic E-state index is 0.155. The summed E-state index contributed by atoms with van der Waals surface area (Å²) in [6.07, 6.45) is 2.76. The number of anilines is 2. The van der Waals surface area contributed by atoms with Crippen LogP contribution >= 0.6 is 22.6 Å². The molecule has 4 aromatic carbocycles. The molecule has 0 spiro atoms. The summed E-state index contributed by atoms with van der Waals surface area (Å²) in [5.41, 5.74) is 7.75. The van der Waals surface area contributed by atoms with Crippen molar-refractivity contribution in [1.29, 1.82) is 0 Å². The first-order chi connectivity index (χ1) is 17.1. The molecule has 1 unspecified atom stereocenters. The summed E-state index contributed by atoms with van der Waals surface area (Å²) in [4.78, 5) is 6.84. The molecule has 4 aromatic rings. The van der Waals surface area contributed by atoms with Gasteiger partial charge in [-0.2, -0.15) is 5.10 Å². The predicted octanol–water partition coefficient (Wildman–Crippen LogP) is 7.46. The Balaban J connectivity index is 1.43. The van der Waals surface area contributed by atoms with Crippen LogP contribution in [0.2, 0.25) is 0 Å². The Morgan fingerprint density at radius 3 is 2.37 bits per heavy atom. The zero-order valence-electron chi connectivity index (χ0n) is 19.8. The first-order valence-electron chi connectivity index (χ1n) is 11.7.